The second-order valence-electron chi connectivity index (χ2n) is 3.84. The third-order valence-electron chi connectivity index (χ3n) is 2.35. The molecule has 0 radical (unpaired) electrons. The molecule has 0 aliphatic heterocycles. The lowest BCUT2D eigenvalue weighted by atomic mass is 10.0. The summed E-state index contributed by atoms with van der Waals surface area (Å²) in [7, 11) is -7.60. The van der Waals surface area contributed by atoms with Crippen molar-refractivity contribution in [3.05, 3.63) is 16.2 Å². The van der Waals surface area contributed by atoms with Gasteiger partial charge in [-0.3, -0.25) is 9.27 Å². The molecule has 1 aromatic heterocycles. The lowest BCUT2D eigenvalue weighted by molar-refractivity contribution is 0.489. The largest absolute Gasteiger partial charge is 0.290 e. The van der Waals surface area contributed by atoms with Gasteiger partial charge in [-0.1, -0.05) is 0 Å². The van der Waals surface area contributed by atoms with Crippen molar-refractivity contribution in [1.82, 2.24) is 4.37 Å². The van der Waals surface area contributed by atoms with Crippen molar-refractivity contribution >= 4 is 42.8 Å². The summed E-state index contributed by atoms with van der Waals surface area (Å²) in [5, 5.41) is 0.387. The molecule has 7 nitrogen and oxygen atoms in total. The summed E-state index contributed by atoms with van der Waals surface area (Å²) in [5.41, 5.74) is 1.03. The first-order chi connectivity index (χ1) is 8.17. The van der Waals surface area contributed by atoms with Crippen molar-refractivity contribution in [3.8, 4) is 0 Å². The molecule has 2 rings (SSSR count). The first-order valence-corrected chi connectivity index (χ1v) is 8.92. The van der Waals surface area contributed by atoms with Crippen LogP contribution in [0.1, 0.15) is 17.7 Å². The highest BCUT2D eigenvalue weighted by Crippen LogP contribution is 2.34. The molecule has 18 heavy (non-hydrogen) atoms. The molecule has 0 fully saturated rings. The standard InChI is InChI=1S/C8H10N2O5S3/c1-17(11,12)10-8-6-3-2-5(18(13,14)15)4-7(6)9-16-8/h4,10H,2-3H2,1H3,(H,13,14,15). The van der Waals surface area contributed by atoms with Gasteiger partial charge in [0.05, 0.1) is 16.9 Å². The minimum absolute atomic E-state index is 0.105. The Morgan fingerprint density at radius 2 is 2.00 bits per heavy atom. The van der Waals surface area contributed by atoms with Gasteiger partial charge in [0.2, 0.25) is 10.0 Å². The van der Waals surface area contributed by atoms with E-state index < -0.39 is 20.1 Å². The topological polar surface area (TPSA) is 113 Å². The summed E-state index contributed by atoms with van der Waals surface area (Å²) in [6.45, 7) is 0. The first kappa shape index (κ1) is 13.5. The summed E-state index contributed by atoms with van der Waals surface area (Å²) in [6.07, 6.45) is 2.73. The summed E-state index contributed by atoms with van der Waals surface area (Å²) < 4.78 is 59.4. The molecule has 0 bridgehead atoms. The number of hydrogen-bond donors (Lipinski definition) is 2. The monoisotopic (exact) mass is 310 g/mol. The van der Waals surface area contributed by atoms with Crippen molar-refractivity contribution in [2.45, 2.75) is 12.8 Å². The van der Waals surface area contributed by atoms with Gasteiger partial charge in [0.25, 0.3) is 10.1 Å². The molecular formula is C8H10N2O5S3. The number of nitrogens with one attached hydrogen (secondary N) is 1. The van der Waals surface area contributed by atoms with E-state index in [9.17, 15) is 16.8 Å². The van der Waals surface area contributed by atoms with Crippen LogP contribution in [0.4, 0.5) is 5.00 Å². The molecule has 0 atom stereocenters. The second-order valence-corrected chi connectivity index (χ2v) is 7.83. The number of sulfonamides is 1. The van der Waals surface area contributed by atoms with Gasteiger partial charge < -0.3 is 0 Å². The van der Waals surface area contributed by atoms with Crippen molar-refractivity contribution < 1.29 is 21.4 Å². The molecule has 10 heteroatoms. The third kappa shape index (κ3) is 2.88. The van der Waals surface area contributed by atoms with E-state index in [0.717, 1.165) is 17.8 Å². The van der Waals surface area contributed by atoms with E-state index in [1.54, 1.807) is 0 Å². The van der Waals surface area contributed by atoms with Crippen LogP contribution in [0.15, 0.2) is 4.91 Å². The van der Waals surface area contributed by atoms with E-state index >= 15 is 0 Å². The summed E-state index contributed by atoms with van der Waals surface area (Å²) >= 11 is 0.944. The SMILES string of the molecule is CS(=O)(=O)Nc1snc2c1CCC(S(=O)(=O)O)=C2. The molecule has 1 aromatic rings. The quantitative estimate of drug-likeness (QED) is 0.794. The maximum Gasteiger partial charge on any atom is 0.290 e. The van der Waals surface area contributed by atoms with Crippen LogP contribution in [0, 0.1) is 0 Å². The average molecular weight is 310 g/mol. The van der Waals surface area contributed by atoms with Gasteiger partial charge in [-0.05, 0) is 30.5 Å². The Balaban J connectivity index is 2.42. The van der Waals surface area contributed by atoms with Crippen LogP contribution in [0.25, 0.3) is 6.08 Å². The molecule has 2 N–H and O–H groups in total. The van der Waals surface area contributed by atoms with Crippen LogP contribution in [0.2, 0.25) is 0 Å². The van der Waals surface area contributed by atoms with Crippen LogP contribution in [-0.2, 0) is 26.6 Å². The van der Waals surface area contributed by atoms with Gasteiger partial charge in [-0.15, -0.1) is 0 Å². The minimum atomic E-state index is -4.21. The van der Waals surface area contributed by atoms with Crippen LogP contribution < -0.4 is 4.72 Å². The fourth-order valence-corrected chi connectivity index (χ4v) is 3.95. The maximum atomic E-state index is 11.1. The molecule has 1 aliphatic carbocycles. The van der Waals surface area contributed by atoms with Gasteiger partial charge in [-0.25, -0.2) is 8.42 Å². The Hall–Kier alpha value is -0.970. The van der Waals surface area contributed by atoms with Gasteiger partial charge in [0.1, 0.15) is 5.00 Å². The molecule has 0 aromatic carbocycles. The van der Waals surface area contributed by atoms with E-state index in [1.807, 2.05) is 0 Å². The number of hydrogen-bond acceptors (Lipinski definition) is 6. The predicted molar refractivity (Wildman–Crippen MR) is 68.4 cm³/mol. The second kappa shape index (κ2) is 4.30. The summed E-state index contributed by atoms with van der Waals surface area (Å²) in [5.74, 6) is 0. The number of nitrogens with zero attached hydrogens (tertiary/aromatic N) is 1. The van der Waals surface area contributed by atoms with Crippen molar-refractivity contribution in [1.29, 1.82) is 0 Å². The van der Waals surface area contributed by atoms with Crippen LogP contribution in [-0.4, -0.2) is 32.0 Å². The number of rotatable bonds is 3. The van der Waals surface area contributed by atoms with Crippen molar-refractivity contribution in [2.75, 3.05) is 11.0 Å². The lowest BCUT2D eigenvalue weighted by Gasteiger charge is -2.11. The number of allylic oxidation sites excluding steroid dienone is 1. The van der Waals surface area contributed by atoms with Crippen LogP contribution in [0.3, 0.4) is 0 Å². The number of fused-ring (bicyclic) bond motifs is 1. The molecule has 100 valence electrons. The lowest BCUT2D eigenvalue weighted by Crippen LogP contribution is -2.12. The fourth-order valence-electron chi connectivity index (χ4n) is 1.60. The highest BCUT2D eigenvalue weighted by atomic mass is 32.2. The van der Waals surface area contributed by atoms with Crippen LogP contribution >= 0.6 is 11.5 Å². The van der Waals surface area contributed by atoms with Crippen LogP contribution in [0.5, 0.6) is 0 Å². The Morgan fingerprint density at radius 3 is 2.56 bits per heavy atom. The molecule has 1 heterocycles. The zero-order chi connectivity index (χ0) is 13.6. The third-order valence-corrected chi connectivity index (χ3v) is 4.85. The van der Waals surface area contributed by atoms with Gasteiger partial charge in [0, 0.05) is 5.56 Å². The van der Waals surface area contributed by atoms with E-state index in [0.29, 0.717) is 22.7 Å². The Morgan fingerprint density at radius 1 is 1.33 bits per heavy atom. The fraction of sp³-hybridized carbons (Fsp3) is 0.375. The van der Waals surface area contributed by atoms with E-state index in [1.165, 1.54) is 6.08 Å². The average Bonchev–Trinajstić information content (AvgIpc) is 2.57. The first-order valence-electron chi connectivity index (χ1n) is 4.81. The van der Waals surface area contributed by atoms with Crippen molar-refractivity contribution in [2.24, 2.45) is 0 Å². The molecule has 0 saturated carbocycles. The zero-order valence-corrected chi connectivity index (χ0v) is 11.7. The zero-order valence-electron chi connectivity index (χ0n) is 9.24. The molecule has 0 saturated heterocycles. The number of anilines is 1. The van der Waals surface area contributed by atoms with E-state index in [-0.39, 0.29) is 11.3 Å². The van der Waals surface area contributed by atoms with Gasteiger partial charge in [0.15, 0.2) is 0 Å². The summed E-state index contributed by atoms with van der Waals surface area (Å²) in [6, 6.07) is 0. The Kier molecular flexibility index (Phi) is 3.21. The molecule has 1 aliphatic rings. The summed E-state index contributed by atoms with van der Waals surface area (Å²) in [4.78, 5) is -0.105. The highest BCUT2D eigenvalue weighted by Gasteiger charge is 2.24. The van der Waals surface area contributed by atoms with Gasteiger partial charge >= 0.3 is 0 Å². The molecule has 0 amide bonds. The maximum absolute atomic E-state index is 11.1. The van der Waals surface area contributed by atoms with E-state index in [4.69, 9.17) is 4.55 Å². The number of aromatic nitrogens is 1. The normalized spacial score (nSPS) is 16.0. The van der Waals surface area contributed by atoms with Gasteiger partial charge in [-0.2, -0.15) is 12.8 Å². The smallest absolute Gasteiger partial charge is 0.282 e. The van der Waals surface area contributed by atoms with Crippen molar-refractivity contribution in [3.63, 3.8) is 0 Å². The molecule has 0 unspecified atom stereocenters. The molecular weight excluding hydrogens is 300 g/mol. The van der Waals surface area contributed by atoms with E-state index in [2.05, 4.69) is 9.10 Å². The Bertz CT molecular complexity index is 714. The minimum Gasteiger partial charge on any atom is -0.282 e. The Labute approximate surface area is 109 Å². The highest BCUT2D eigenvalue weighted by molar-refractivity contribution is 7.92. The molecule has 0 spiro atoms. The predicted octanol–water partition coefficient (Wildman–Crippen LogP) is 0.690.